The first-order chi connectivity index (χ1) is 11.7. The Morgan fingerprint density at radius 2 is 2.08 bits per heavy atom. The Bertz CT molecular complexity index is 565. The normalized spacial score (nSPS) is 20.7. The van der Waals surface area contributed by atoms with Gasteiger partial charge in [-0.2, -0.15) is 0 Å². The van der Waals surface area contributed by atoms with Crippen LogP contribution in [0.5, 0.6) is 0 Å². The van der Waals surface area contributed by atoms with Crippen LogP contribution in [0.4, 0.5) is 4.39 Å². The molecule has 2 fully saturated rings. The fraction of sp³-hybridized carbons (Fsp3) is 0.632. The summed E-state index contributed by atoms with van der Waals surface area (Å²) in [6.45, 7) is 5.97. The highest BCUT2D eigenvalue weighted by atomic mass is 19.1. The summed E-state index contributed by atoms with van der Waals surface area (Å²) in [7, 11) is 0. The van der Waals surface area contributed by atoms with Gasteiger partial charge in [0.15, 0.2) is 5.96 Å². The molecular formula is C19H28FN3O. The first kappa shape index (κ1) is 17.2. The molecule has 0 radical (unpaired) electrons. The average molecular weight is 333 g/mol. The second-order valence-electron chi connectivity index (χ2n) is 6.92. The average Bonchev–Trinajstić information content (AvgIpc) is 3.43. The summed E-state index contributed by atoms with van der Waals surface area (Å²) < 4.78 is 19.3. The van der Waals surface area contributed by atoms with Gasteiger partial charge >= 0.3 is 0 Å². The van der Waals surface area contributed by atoms with Gasteiger partial charge in [0.25, 0.3) is 0 Å². The van der Waals surface area contributed by atoms with Gasteiger partial charge in [-0.1, -0.05) is 12.1 Å². The number of hydrogen-bond acceptors (Lipinski definition) is 2. The summed E-state index contributed by atoms with van der Waals surface area (Å²) in [5.41, 5.74) is 0.898. The van der Waals surface area contributed by atoms with E-state index in [9.17, 15) is 4.39 Å². The molecule has 5 heteroatoms. The summed E-state index contributed by atoms with van der Waals surface area (Å²) in [4.78, 5) is 4.83. The van der Waals surface area contributed by atoms with Crippen molar-refractivity contribution in [2.24, 2.45) is 10.9 Å². The van der Waals surface area contributed by atoms with Gasteiger partial charge < -0.3 is 15.4 Å². The zero-order valence-corrected chi connectivity index (χ0v) is 14.5. The zero-order chi connectivity index (χ0) is 16.8. The molecule has 1 saturated heterocycles. The van der Waals surface area contributed by atoms with Gasteiger partial charge in [0.05, 0.1) is 6.54 Å². The molecule has 1 aromatic rings. The third kappa shape index (κ3) is 4.47. The van der Waals surface area contributed by atoms with Crippen LogP contribution in [0.1, 0.15) is 38.2 Å². The maximum atomic E-state index is 13.7. The zero-order valence-electron chi connectivity index (χ0n) is 14.5. The smallest absolute Gasteiger partial charge is 0.191 e. The molecule has 3 rings (SSSR count). The van der Waals surface area contributed by atoms with Crippen LogP contribution in [0.15, 0.2) is 29.3 Å². The van der Waals surface area contributed by atoms with Crippen LogP contribution < -0.4 is 10.6 Å². The fourth-order valence-corrected chi connectivity index (χ4v) is 3.25. The van der Waals surface area contributed by atoms with E-state index in [4.69, 9.17) is 9.73 Å². The standard InChI is InChI=1S/C19H28FN3O/c1-2-21-18(22-13-15-6-7-15)23-14-19(8-10-24-11-9-19)16-4-3-5-17(20)12-16/h3-5,12,15H,2,6-11,13-14H2,1H3,(H2,21,22,23). The Morgan fingerprint density at radius 3 is 2.75 bits per heavy atom. The minimum atomic E-state index is -0.180. The third-order valence-electron chi connectivity index (χ3n) is 5.03. The van der Waals surface area contributed by atoms with Gasteiger partial charge in [0.2, 0.25) is 0 Å². The number of rotatable bonds is 6. The second-order valence-corrected chi connectivity index (χ2v) is 6.92. The third-order valence-corrected chi connectivity index (χ3v) is 5.03. The first-order valence-corrected chi connectivity index (χ1v) is 9.08. The molecule has 1 saturated carbocycles. The highest BCUT2D eigenvalue weighted by Gasteiger charge is 2.34. The van der Waals surface area contributed by atoms with Crippen LogP contribution in [0.25, 0.3) is 0 Å². The predicted octanol–water partition coefficient (Wildman–Crippen LogP) is 2.84. The Labute approximate surface area is 143 Å². The van der Waals surface area contributed by atoms with E-state index in [-0.39, 0.29) is 11.2 Å². The van der Waals surface area contributed by atoms with Crippen molar-refractivity contribution in [3.63, 3.8) is 0 Å². The quantitative estimate of drug-likeness (QED) is 0.622. The van der Waals surface area contributed by atoms with Crippen molar-refractivity contribution in [1.29, 1.82) is 0 Å². The number of nitrogens with one attached hydrogen (secondary N) is 2. The Balaban J connectivity index is 1.75. The van der Waals surface area contributed by atoms with Crippen LogP contribution in [-0.2, 0) is 10.2 Å². The van der Waals surface area contributed by atoms with E-state index >= 15 is 0 Å². The number of aliphatic imine (C=N–C) groups is 1. The molecule has 0 unspecified atom stereocenters. The Kier molecular flexibility index (Phi) is 5.72. The van der Waals surface area contributed by atoms with E-state index < -0.39 is 0 Å². The van der Waals surface area contributed by atoms with E-state index in [1.165, 1.54) is 18.9 Å². The molecule has 1 aliphatic carbocycles. The van der Waals surface area contributed by atoms with Crippen molar-refractivity contribution in [3.8, 4) is 0 Å². The summed E-state index contributed by atoms with van der Waals surface area (Å²) in [5.74, 6) is 1.49. The minimum Gasteiger partial charge on any atom is -0.381 e. The van der Waals surface area contributed by atoms with Gasteiger partial charge in [0.1, 0.15) is 5.82 Å². The molecule has 0 aromatic heterocycles. The van der Waals surface area contributed by atoms with Crippen molar-refractivity contribution in [2.75, 3.05) is 32.8 Å². The van der Waals surface area contributed by atoms with Crippen molar-refractivity contribution < 1.29 is 9.13 Å². The van der Waals surface area contributed by atoms with Crippen LogP contribution in [0.3, 0.4) is 0 Å². The van der Waals surface area contributed by atoms with Crippen LogP contribution in [0.2, 0.25) is 0 Å². The molecule has 1 aromatic carbocycles. The topological polar surface area (TPSA) is 45.7 Å². The summed E-state index contributed by atoms with van der Waals surface area (Å²) in [6, 6.07) is 6.98. The summed E-state index contributed by atoms with van der Waals surface area (Å²) >= 11 is 0. The second kappa shape index (κ2) is 7.97. The lowest BCUT2D eigenvalue weighted by molar-refractivity contribution is 0.0530. The summed E-state index contributed by atoms with van der Waals surface area (Å²) in [5, 5.41) is 6.75. The molecule has 4 nitrogen and oxygen atoms in total. The number of ether oxygens (including phenoxy) is 1. The number of nitrogens with zero attached hydrogens (tertiary/aromatic N) is 1. The summed E-state index contributed by atoms with van der Waals surface area (Å²) in [6.07, 6.45) is 4.39. The number of halogens is 1. The van der Waals surface area contributed by atoms with Crippen LogP contribution in [-0.4, -0.2) is 38.8 Å². The van der Waals surface area contributed by atoms with Crippen molar-refractivity contribution in [2.45, 2.75) is 38.0 Å². The molecule has 2 aliphatic rings. The molecule has 0 atom stereocenters. The molecule has 0 amide bonds. The van der Waals surface area contributed by atoms with Crippen molar-refractivity contribution in [3.05, 3.63) is 35.6 Å². The first-order valence-electron chi connectivity index (χ1n) is 9.08. The lowest BCUT2D eigenvalue weighted by Gasteiger charge is -2.36. The largest absolute Gasteiger partial charge is 0.381 e. The molecule has 2 N–H and O–H groups in total. The maximum absolute atomic E-state index is 13.7. The van der Waals surface area contributed by atoms with Gasteiger partial charge in [-0.15, -0.1) is 0 Å². The van der Waals surface area contributed by atoms with E-state index in [0.717, 1.165) is 43.4 Å². The SMILES string of the molecule is CCNC(=NCC1(c2cccc(F)c2)CCOCC1)NCC1CC1. The monoisotopic (exact) mass is 333 g/mol. The lowest BCUT2D eigenvalue weighted by atomic mass is 9.74. The maximum Gasteiger partial charge on any atom is 0.191 e. The molecule has 24 heavy (non-hydrogen) atoms. The molecular weight excluding hydrogens is 305 g/mol. The minimum absolute atomic E-state index is 0.137. The van der Waals surface area contributed by atoms with Crippen LogP contribution in [0, 0.1) is 11.7 Å². The lowest BCUT2D eigenvalue weighted by Crippen LogP contribution is -2.41. The van der Waals surface area contributed by atoms with Gasteiger partial charge in [-0.3, -0.25) is 4.99 Å². The van der Waals surface area contributed by atoms with Gasteiger partial charge in [-0.25, -0.2) is 4.39 Å². The highest BCUT2D eigenvalue weighted by molar-refractivity contribution is 5.79. The van der Waals surface area contributed by atoms with E-state index in [0.29, 0.717) is 19.8 Å². The van der Waals surface area contributed by atoms with Crippen molar-refractivity contribution >= 4 is 5.96 Å². The molecule has 0 bridgehead atoms. The molecule has 1 heterocycles. The van der Waals surface area contributed by atoms with E-state index in [1.807, 2.05) is 6.07 Å². The van der Waals surface area contributed by atoms with Crippen molar-refractivity contribution in [1.82, 2.24) is 10.6 Å². The molecule has 0 spiro atoms. The Morgan fingerprint density at radius 1 is 1.29 bits per heavy atom. The molecule has 132 valence electrons. The van der Waals surface area contributed by atoms with Gasteiger partial charge in [0, 0.05) is 31.7 Å². The molecule has 1 aliphatic heterocycles. The Hall–Kier alpha value is -1.62. The van der Waals surface area contributed by atoms with E-state index in [2.05, 4.69) is 17.6 Å². The number of hydrogen-bond donors (Lipinski definition) is 2. The number of benzene rings is 1. The van der Waals surface area contributed by atoms with Crippen LogP contribution >= 0.6 is 0 Å². The number of guanidine groups is 1. The van der Waals surface area contributed by atoms with E-state index in [1.54, 1.807) is 12.1 Å². The van der Waals surface area contributed by atoms with Gasteiger partial charge in [-0.05, 0) is 56.2 Å². The highest BCUT2D eigenvalue weighted by Crippen LogP contribution is 2.35. The fourth-order valence-electron chi connectivity index (χ4n) is 3.25. The predicted molar refractivity (Wildman–Crippen MR) is 94.8 cm³/mol.